The molecule has 2 aromatic carbocycles. The largest absolute Gasteiger partial charge is 0.507 e. The van der Waals surface area contributed by atoms with Gasteiger partial charge in [0.1, 0.15) is 17.6 Å². The zero-order valence-corrected chi connectivity index (χ0v) is 14.0. The lowest BCUT2D eigenvalue weighted by Gasteiger charge is -2.23. The molecule has 1 atom stereocenters. The summed E-state index contributed by atoms with van der Waals surface area (Å²) in [5, 5.41) is 10.7. The van der Waals surface area contributed by atoms with Crippen LogP contribution in [0, 0.1) is 0 Å². The summed E-state index contributed by atoms with van der Waals surface area (Å²) in [6.07, 6.45) is -0.849. The Labute approximate surface area is 144 Å². The summed E-state index contributed by atoms with van der Waals surface area (Å²) in [5.74, 6) is -1.60. The molecule has 1 unspecified atom stereocenters. The maximum absolute atomic E-state index is 12.8. The van der Waals surface area contributed by atoms with E-state index in [0.717, 1.165) is 0 Å². The van der Waals surface area contributed by atoms with Crippen molar-refractivity contribution in [1.29, 1.82) is 0 Å². The molecule has 0 saturated carbocycles. The number of aromatic hydroxyl groups is 1. The van der Waals surface area contributed by atoms with Crippen molar-refractivity contribution in [2.45, 2.75) is 20.0 Å². The van der Waals surface area contributed by atoms with Gasteiger partial charge in [-0.1, -0.05) is 24.3 Å². The van der Waals surface area contributed by atoms with Crippen molar-refractivity contribution in [1.82, 2.24) is 0 Å². The molecule has 0 radical (unpaired) electrons. The molecule has 2 aromatic rings. The van der Waals surface area contributed by atoms with Gasteiger partial charge in [0.15, 0.2) is 11.6 Å². The molecular weight excluding hydrogens is 324 g/mol. The summed E-state index contributed by atoms with van der Waals surface area (Å²) in [5.41, 5.74) is 0.626. The predicted octanol–water partition coefficient (Wildman–Crippen LogP) is 2.80. The van der Waals surface area contributed by atoms with Gasteiger partial charge < -0.3 is 14.6 Å². The number of rotatable bonds is 3. The fourth-order valence-electron chi connectivity index (χ4n) is 3.10. The Morgan fingerprint density at radius 3 is 2.24 bits per heavy atom. The van der Waals surface area contributed by atoms with E-state index in [9.17, 15) is 19.5 Å². The van der Waals surface area contributed by atoms with Gasteiger partial charge in [0, 0.05) is 23.6 Å². The van der Waals surface area contributed by atoms with E-state index in [1.807, 2.05) is 0 Å². The molecule has 0 amide bonds. The summed E-state index contributed by atoms with van der Waals surface area (Å²) < 4.78 is 10.4. The Bertz CT molecular complexity index is 912. The van der Waals surface area contributed by atoms with Crippen LogP contribution < -0.4 is 4.74 Å². The zero-order chi connectivity index (χ0) is 18.3. The van der Waals surface area contributed by atoms with Crippen molar-refractivity contribution in [2.24, 2.45) is 0 Å². The number of esters is 1. The fourth-order valence-corrected chi connectivity index (χ4v) is 3.10. The normalized spacial score (nSPS) is 13.7. The second-order valence-electron chi connectivity index (χ2n) is 5.72. The van der Waals surface area contributed by atoms with Crippen LogP contribution in [0.15, 0.2) is 30.3 Å². The van der Waals surface area contributed by atoms with Crippen molar-refractivity contribution in [3.05, 3.63) is 58.1 Å². The van der Waals surface area contributed by atoms with Crippen LogP contribution in [-0.2, 0) is 9.53 Å². The van der Waals surface area contributed by atoms with Gasteiger partial charge >= 0.3 is 5.97 Å². The minimum Gasteiger partial charge on any atom is -0.507 e. The molecule has 1 N–H and O–H groups in total. The second-order valence-corrected chi connectivity index (χ2v) is 5.72. The minimum atomic E-state index is -0.849. The number of carbonyl (C=O) groups is 3. The first-order chi connectivity index (χ1) is 11.9. The van der Waals surface area contributed by atoms with Gasteiger partial charge in [-0.3, -0.25) is 14.4 Å². The summed E-state index contributed by atoms with van der Waals surface area (Å²) >= 11 is 0. The SMILES string of the molecule is COc1cc2c(c(O)c1C(C)OC(C)=O)C(=O)c1ccccc1C2=O. The van der Waals surface area contributed by atoms with Crippen LogP contribution in [0.3, 0.4) is 0 Å². The number of hydrogen-bond donors (Lipinski definition) is 1. The number of ether oxygens (including phenoxy) is 2. The van der Waals surface area contributed by atoms with Crippen LogP contribution in [0.1, 0.15) is 57.4 Å². The van der Waals surface area contributed by atoms with E-state index in [-0.39, 0.29) is 39.4 Å². The van der Waals surface area contributed by atoms with E-state index in [4.69, 9.17) is 9.47 Å². The highest BCUT2D eigenvalue weighted by Gasteiger charge is 2.35. The van der Waals surface area contributed by atoms with E-state index < -0.39 is 23.6 Å². The number of methoxy groups -OCH3 is 1. The number of benzene rings is 2. The highest BCUT2D eigenvalue weighted by atomic mass is 16.5. The Morgan fingerprint density at radius 1 is 1.08 bits per heavy atom. The van der Waals surface area contributed by atoms with Gasteiger partial charge in [-0.15, -0.1) is 0 Å². The third kappa shape index (κ3) is 2.55. The van der Waals surface area contributed by atoms with Gasteiger partial charge in [0.25, 0.3) is 0 Å². The second kappa shape index (κ2) is 6.05. The molecule has 6 heteroatoms. The Kier molecular flexibility index (Phi) is 4.04. The smallest absolute Gasteiger partial charge is 0.303 e. The first kappa shape index (κ1) is 16.7. The number of hydrogen-bond acceptors (Lipinski definition) is 6. The molecule has 0 aliphatic heterocycles. The Morgan fingerprint density at radius 2 is 1.68 bits per heavy atom. The number of fused-ring (bicyclic) bond motifs is 2. The summed E-state index contributed by atoms with van der Waals surface area (Å²) in [7, 11) is 1.37. The first-order valence-electron chi connectivity index (χ1n) is 7.66. The van der Waals surface area contributed by atoms with Crippen molar-refractivity contribution >= 4 is 17.5 Å². The monoisotopic (exact) mass is 340 g/mol. The summed E-state index contributed by atoms with van der Waals surface area (Å²) in [4.78, 5) is 36.8. The average molecular weight is 340 g/mol. The number of carbonyl (C=O) groups excluding carboxylic acids is 3. The standard InChI is InChI=1S/C19H16O6/c1-9(25-10(2)20)15-14(24-3)8-13-16(19(15)23)18(22)12-7-5-4-6-11(12)17(13)21/h4-9,23H,1-3H3. The zero-order valence-electron chi connectivity index (χ0n) is 14.0. The molecule has 128 valence electrons. The maximum Gasteiger partial charge on any atom is 0.303 e. The number of phenols is 1. The quantitative estimate of drug-likeness (QED) is 0.738. The predicted molar refractivity (Wildman–Crippen MR) is 88.1 cm³/mol. The third-order valence-corrected chi connectivity index (χ3v) is 4.16. The lowest BCUT2D eigenvalue weighted by atomic mass is 9.82. The van der Waals surface area contributed by atoms with Crippen LogP contribution in [0.25, 0.3) is 0 Å². The molecular formula is C19H16O6. The third-order valence-electron chi connectivity index (χ3n) is 4.16. The Balaban J connectivity index is 2.26. The number of ketones is 2. The van der Waals surface area contributed by atoms with Crippen molar-refractivity contribution < 1.29 is 29.0 Å². The molecule has 25 heavy (non-hydrogen) atoms. The van der Waals surface area contributed by atoms with Crippen LogP contribution in [0.2, 0.25) is 0 Å². The van der Waals surface area contributed by atoms with E-state index in [0.29, 0.717) is 0 Å². The van der Waals surface area contributed by atoms with E-state index in [1.165, 1.54) is 26.2 Å². The lowest BCUT2D eigenvalue weighted by molar-refractivity contribution is -0.145. The highest BCUT2D eigenvalue weighted by Crippen LogP contribution is 2.43. The summed E-state index contributed by atoms with van der Waals surface area (Å²) in [6, 6.07) is 7.83. The Hall–Kier alpha value is -3.15. The van der Waals surface area contributed by atoms with Crippen LogP contribution in [-0.4, -0.2) is 29.8 Å². The van der Waals surface area contributed by atoms with E-state index in [2.05, 4.69) is 0 Å². The fraction of sp³-hybridized carbons (Fsp3) is 0.211. The molecule has 0 fully saturated rings. The van der Waals surface area contributed by atoms with Crippen molar-refractivity contribution in [3.63, 3.8) is 0 Å². The molecule has 1 aliphatic carbocycles. The van der Waals surface area contributed by atoms with Gasteiger partial charge in [0.05, 0.1) is 18.2 Å². The molecule has 0 spiro atoms. The van der Waals surface area contributed by atoms with Gasteiger partial charge in [-0.2, -0.15) is 0 Å². The van der Waals surface area contributed by atoms with Gasteiger partial charge in [-0.25, -0.2) is 0 Å². The molecule has 0 aromatic heterocycles. The minimum absolute atomic E-state index is 0.0665. The van der Waals surface area contributed by atoms with Crippen LogP contribution in [0.5, 0.6) is 11.5 Å². The summed E-state index contributed by atoms with van der Waals surface area (Å²) in [6.45, 7) is 2.79. The van der Waals surface area contributed by atoms with Crippen LogP contribution in [0.4, 0.5) is 0 Å². The van der Waals surface area contributed by atoms with Gasteiger partial charge in [0.2, 0.25) is 0 Å². The van der Waals surface area contributed by atoms with Crippen molar-refractivity contribution in [2.75, 3.05) is 7.11 Å². The van der Waals surface area contributed by atoms with E-state index >= 15 is 0 Å². The molecule has 1 aliphatic rings. The first-order valence-corrected chi connectivity index (χ1v) is 7.66. The number of phenolic OH excluding ortho intramolecular Hbond substituents is 1. The van der Waals surface area contributed by atoms with Gasteiger partial charge in [-0.05, 0) is 13.0 Å². The molecule has 0 heterocycles. The topological polar surface area (TPSA) is 89.9 Å². The molecule has 0 saturated heterocycles. The van der Waals surface area contributed by atoms with Crippen molar-refractivity contribution in [3.8, 4) is 11.5 Å². The maximum atomic E-state index is 12.8. The highest BCUT2D eigenvalue weighted by molar-refractivity contribution is 6.29. The average Bonchev–Trinajstić information content (AvgIpc) is 2.58. The molecule has 0 bridgehead atoms. The molecule has 3 rings (SSSR count). The lowest BCUT2D eigenvalue weighted by Crippen LogP contribution is -2.22. The molecule has 6 nitrogen and oxygen atoms in total. The van der Waals surface area contributed by atoms with Crippen LogP contribution >= 0.6 is 0 Å². The van der Waals surface area contributed by atoms with E-state index in [1.54, 1.807) is 25.1 Å².